The van der Waals surface area contributed by atoms with Gasteiger partial charge >= 0.3 is 0 Å². The maximum atomic E-state index is 13.5. The first-order chi connectivity index (χ1) is 22.3. The van der Waals surface area contributed by atoms with Crippen molar-refractivity contribution >= 4 is 39.0 Å². The Morgan fingerprint density at radius 3 is 2.64 bits per heavy atom. The third-order valence-corrected chi connectivity index (χ3v) is 12.6. The maximum Gasteiger partial charge on any atom is 0.264 e. The van der Waals surface area contributed by atoms with Gasteiger partial charge in [0.05, 0.1) is 16.5 Å². The fourth-order valence-electron chi connectivity index (χ4n) is 7.06. The molecule has 8 nitrogen and oxygen atoms in total. The van der Waals surface area contributed by atoms with Gasteiger partial charge in [0.1, 0.15) is 12.4 Å². The molecule has 2 aromatic rings. The number of hydrogen-bond donors (Lipinski definition) is 1. The maximum absolute atomic E-state index is 13.5. The number of nitrogens with zero attached hydrogens (tertiary/aromatic N) is 1. The SMILES string of the molecule is C=C(C)C(=O)C[C@]1(OC)/C=C/C[C@H](C)[C@@H](C)S(=O)(=O)NC(=O)c2ccc3c(c2)N(CCCCc2cc(Cl)ccc2CO3)C[C@@H]2CC[C@H]21. The molecule has 254 valence electrons. The van der Waals surface area contributed by atoms with Crippen LogP contribution < -0.4 is 14.4 Å². The zero-order valence-electron chi connectivity index (χ0n) is 27.9. The van der Waals surface area contributed by atoms with Crippen LogP contribution in [0.2, 0.25) is 5.02 Å². The zero-order chi connectivity index (χ0) is 33.9. The molecule has 0 radical (unpaired) electrons. The monoisotopic (exact) mass is 682 g/mol. The van der Waals surface area contributed by atoms with E-state index in [0.29, 0.717) is 42.5 Å². The Labute approximate surface area is 284 Å². The Morgan fingerprint density at radius 1 is 1.15 bits per heavy atom. The van der Waals surface area contributed by atoms with Gasteiger partial charge in [-0.05, 0) is 117 Å². The number of nitrogens with one attached hydrogen (secondary N) is 1. The van der Waals surface area contributed by atoms with Crippen molar-refractivity contribution < 1.29 is 27.5 Å². The number of methoxy groups -OCH3 is 1. The number of carbonyl (C=O) groups is 2. The first-order valence-electron chi connectivity index (χ1n) is 16.6. The lowest BCUT2D eigenvalue weighted by atomic mass is 9.62. The third-order valence-electron chi connectivity index (χ3n) is 10.5. The molecule has 10 heteroatoms. The van der Waals surface area contributed by atoms with Gasteiger partial charge in [-0.15, -0.1) is 0 Å². The summed E-state index contributed by atoms with van der Waals surface area (Å²) >= 11 is 6.35. The lowest BCUT2D eigenvalue weighted by molar-refractivity contribution is -0.127. The van der Waals surface area contributed by atoms with Crippen molar-refractivity contribution in [1.82, 2.24) is 4.72 Å². The van der Waals surface area contributed by atoms with Gasteiger partial charge in [-0.1, -0.05) is 43.3 Å². The lowest BCUT2D eigenvalue weighted by Crippen LogP contribution is -2.52. The largest absolute Gasteiger partial charge is 0.487 e. The summed E-state index contributed by atoms with van der Waals surface area (Å²) in [4.78, 5) is 28.9. The third kappa shape index (κ3) is 7.79. The lowest BCUT2D eigenvalue weighted by Gasteiger charge is -2.50. The quantitative estimate of drug-likeness (QED) is 0.272. The number of aryl methyl sites for hydroxylation is 1. The summed E-state index contributed by atoms with van der Waals surface area (Å²) < 4.78 is 41.9. The Kier molecular flexibility index (Phi) is 10.9. The predicted octanol–water partition coefficient (Wildman–Crippen LogP) is 7.05. The van der Waals surface area contributed by atoms with Crippen LogP contribution in [0, 0.1) is 17.8 Å². The van der Waals surface area contributed by atoms with Crippen LogP contribution in [-0.2, 0) is 32.6 Å². The number of fused-ring (bicyclic) bond motifs is 3. The summed E-state index contributed by atoms with van der Waals surface area (Å²) in [5.41, 5.74) is 2.82. The number of halogens is 1. The smallest absolute Gasteiger partial charge is 0.264 e. The van der Waals surface area contributed by atoms with E-state index in [9.17, 15) is 18.0 Å². The first-order valence-corrected chi connectivity index (χ1v) is 18.5. The number of Topliss-reactive ketones (excluding diaryl/α,β-unsaturated/α-hetero) is 1. The summed E-state index contributed by atoms with van der Waals surface area (Å²) in [6.07, 6.45) is 9.06. The minimum atomic E-state index is -3.99. The number of carbonyl (C=O) groups excluding carboxylic acids is 2. The van der Waals surface area contributed by atoms with Gasteiger partial charge in [-0.25, -0.2) is 13.1 Å². The van der Waals surface area contributed by atoms with Gasteiger partial charge in [0.15, 0.2) is 5.78 Å². The number of ether oxygens (including phenoxy) is 2. The molecule has 1 amide bonds. The minimum Gasteiger partial charge on any atom is -0.487 e. The number of ketones is 1. The van der Waals surface area contributed by atoms with E-state index in [1.165, 1.54) is 0 Å². The van der Waals surface area contributed by atoms with Crippen LogP contribution in [0.5, 0.6) is 5.75 Å². The number of benzene rings is 2. The second-order valence-electron chi connectivity index (χ2n) is 13.6. The van der Waals surface area contributed by atoms with Crippen LogP contribution in [0.1, 0.15) is 80.8 Å². The highest BCUT2D eigenvalue weighted by Gasteiger charge is 2.48. The van der Waals surface area contributed by atoms with E-state index in [2.05, 4.69) is 16.2 Å². The molecule has 3 aliphatic rings. The van der Waals surface area contributed by atoms with Gasteiger partial charge in [-0.3, -0.25) is 9.59 Å². The highest BCUT2D eigenvalue weighted by atomic mass is 35.5. The molecular formula is C37H47ClN2O6S. The Morgan fingerprint density at radius 2 is 1.94 bits per heavy atom. The van der Waals surface area contributed by atoms with Crippen LogP contribution in [0.3, 0.4) is 0 Å². The molecule has 2 aliphatic heterocycles. The molecule has 5 rings (SSSR count). The van der Waals surface area contributed by atoms with Crippen LogP contribution >= 0.6 is 11.6 Å². The highest BCUT2D eigenvalue weighted by Crippen LogP contribution is 2.48. The van der Waals surface area contributed by atoms with Gasteiger partial charge in [0.25, 0.3) is 5.91 Å². The molecule has 47 heavy (non-hydrogen) atoms. The molecule has 5 atom stereocenters. The molecule has 0 aromatic heterocycles. The van der Waals surface area contributed by atoms with E-state index in [1.54, 1.807) is 39.2 Å². The summed E-state index contributed by atoms with van der Waals surface area (Å²) in [5, 5.41) is -0.154. The molecular weight excluding hydrogens is 636 g/mol. The van der Waals surface area contributed by atoms with E-state index < -0.39 is 26.8 Å². The Hall–Kier alpha value is -3.14. The van der Waals surface area contributed by atoms with Crippen molar-refractivity contribution in [2.75, 3.05) is 25.1 Å². The fraction of sp³-hybridized carbons (Fsp3) is 0.514. The van der Waals surface area contributed by atoms with Crippen molar-refractivity contribution in [3.63, 3.8) is 0 Å². The predicted molar refractivity (Wildman–Crippen MR) is 187 cm³/mol. The molecule has 1 N–H and O–H groups in total. The zero-order valence-corrected chi connectivity index (χ0v) is 29.5. The molecule has 2 bridgehead atoms. The summed E-state index contributed by atoms with van der Waals surface area (Å²) in [6, 6.07) is 11.0. The normalized spacial score (nSPS) is 28.6. The molecule has 0 unspecified atom stereocenters. The van der Waals surface area contributed by atoms with Crippen molar-refractivity contribution in [1.29, 1.82) is 0 Å². The molecule has 1 aliphatic carbocycles. The molecule has 2 heterocycles. The van der Waals surface area contributed by atoms with Gasteiger partial charge < -0.3 is 14.4 Å². The average molecular weight is 683 g/mol. The fourth-order valence-corrected chi connectivity index (χ4v) is 8.54. The molecule has 1 saturated carbocycles. The van der Waals surface area contributed by atoms with Crippen molar-refractivity contribution in [3.8, 4) is 5.75 Å². The van der Waals surface area contributed by atoms with Crippen LogP contribution in [0.15, 0.2) is 60.7 Å². The van der Waals surface area contributed by atoms with E-state index in [0.717, 1.165) is 48.9 Å². The van der Waals surface area contributed by atoms with E-state index in [1.807, 2.05) is 37.3 Å². The molecule has 0 saturated heterocycles. The van der Waals surface area contributed by atoms with Gasteiger partial charge in [-0.2, -0.15) is 0 Å². The van der Waals surface area contributed by atoms with Gasteiger partial charge in [0.2, 0.25) is 10.0 Å². The second-order valence-corrected chi connectivity index (χ2v) is 16.0. The summed E-state index contributed by atoms with van der Waals surface area (Å²) in [7, 11) is -2.34. The Bertz CT molecular complexity index is 1660. The average Bonchev–Trinajstić information content (AvgIpc) is 3.04. The number of sulfonamides is 1. The highest BCUT2D eigenvalue weighted by molar-refractivity contribution is 7.90. The van der Waals surface area contributed by atoms with Crippen molar-refractivity contribution in [2.24, 2.45) is 17.8 Å². The number of rotatable bonds is 4. The Balaban J connectivity index is 1.60. The second kappa shape index (κ2) is 14.5. The van der Waals surface area contributed by atoms with Crippen LogP contribution in [0.4, 0.5) is 5.69 Å². The summed E-state index contributed by atoms with van der Waals surface area (Å²) in [5.74, 6) is -0.155. The number of anilines is 1. The standard InChI is InChI=1S/C37H47ClN2O6S/c1-24(2)34(41)21-37(45-5)17-8-9-25(3)26(4)47(43,44)39-36(42)28-13-16-35-33(20-28)40(22-29-12-15-32(29)37)18-7-6-10-27-19-31(38)14-11-30(27)23-46-35/h8,11,13-14,16-17,19-20,25-26,29,32H,1,6-7,9-10,12,15,18,21-23H2,2-5H3,(H,39,42)/b17-8+/t25-,26+,29-,32+,37+/m0/s1. The van der Waals surface area contributed by atoms with E-state index in [4.69, 9.17) is 21.1 Å². The minimum absolute atomic E-state index is 0.0526. The molecule has 2 aromatic carbocycles. The summed E-state index contributed by atoms with van der Waals surface area (Å²) in [6.45, 7) is 10.8. The molecule has 1 fully saturated rings. The van der Waals surface area contributed by atoms with Crippen molar-refractivity contribution in [3.05, 3.63) is 82.4 Å². The van der Waals surface area contributed by atoms with Crippen LogP contribution in [-0.4, -0.2) is 51.2 Å². The number of allylic oxidation sites excluding steroid dienone is 2. The van der Waals surface area contributed by atoms with E-state index in [-0.39, 0.29) is 35.5 Å². The first kappa shape index (κ1) is 35.2. The molecule has 0 spiro atoms. The number of amides is 1. The van der Waals surface area contributed by atoms with Crippen LogP contribution in [0.25, 0.3) is 0 Å². The van der Waals surface area contributed by atoms with Crippen molar-refractivity contribution in [2.45, 2.75) is 83.2 Å². The topological polar surface area (TPSA) is 102 Å². The number of hydrogen-bond acceptors (Lipinski definition) is 7. The van der Waals surface area contributed by atoms with E-state index >= 15 is 0 Å². The van der Waals surface area contributed by atoms with Gasteiger partial charge in [0, 0.05) is 37.2 Å².